The minimum absolute atomic E-state index is 0.0264. The second kappa shape index (κ2) is 11.6. The van der Waals surface area contributed by atoms with Gasteiger partial charge in [-0.05, 0) is 73.0 Å². The van der Waals surface area contributed by atoms with Gasteiger partial charge < -0.3 is 24.4 Å². The van der Waals surface area contributed by atoms with E-state index in [9.17, 15) is 9.59 Å². The van der Waals surface area contributed by atoms with Crippen LogP contribution in [0.1, 0.15) is 18.9 Å². The second-order valence-electron chi connectivity index (χ2n) is 8.01. The molecule has 0 saturated heterocycles. The molecule has 0 saturated carbocycles. The Balaban J connectivity index is 1.33. The first-order chi connectivity index (χ1) is 17.0. The van der Waals surface area contributed by atoms with Gasteiger partial charge in [-0.1, -0.05) is 30.7 Å². The van der Waals surface area contributed by atoms with E-state index in [0.29, 0.717) is 47.5 Å². The number of aryl methyl sites for hydroxylation is 1. The lowest BCUT2D eigenvalue weighted by Crippen LogP contribution is -2.39. The van der Waals surface area contributed by atoms with Crippen LogP contribution in [-0.4, -0.2) is 38.2 Å². The molecule has 182 valence electrons. The number of nitrogens with zero attached hydrogens (tertiary/aromatic N) is 1. The molecule has 3 aromatic carbocycles. The number of hydrogen-bond donors (Lipinski definition) is 1. The van der Waals surface area contributed by atoms with E-state index in [0.717, 1.165) is 12.2 Å². The molecule has 2 amide bonds. The van der Waals surface area contributed by atoms with Gasteiger partial charge in [0.15, 0.2) is 13.2 Å². The average molecular weight is 495 g/mol. The third-order valence-electron chi connectivity index (χ3n) is 5.50. The highest BCUT2D eigenvalue weighted by Crippen LogP contribution is 2.34. The van der Waals surface area contributed by atoms with Gasteiger partial charge in [-0.2, -0.15) is 0 Å². The summed E-state index contributed by atoms with van der Waals surface area (Å²) in [7, 11) is 0. The largest absolute Gasteiger partial charge is 0.494 e. The minimum Gasteiger partial charge on any atom is -0.494 e. The van der Waals surface area contributed by atoms with Gasteiger partial charge in [0.2, 0.25) is 0 Å². The van der Waals surface area contributed by atoms with Gasteiger partial charge in [-0.25, -0.2) is 0 Å². The summed E-state index contributed by atoms with van der Waals surface area (Å²) in [5.74, 6) is 1.50. The van der Waals surface area contributed by atoms with Gasteiger partial charge in [0.05, 0.1) is 12.3 Å². The molecule has 1 aliphatic heterocycles. The van der Waals surface area contributed by atoms with Crippen LogP contribution in [0.3, 0.4) is 0 Å². The lowest BCUT2D eigenvalue weighted by molar-refractivity contribution is -0.121. The molecule has 35 heavy (non-hydrogen) atoms. The maximum atomic E-state index is 12.5. The van der Waals surface area contributed by atoms with Gasteiger partial charge in [0.25, 0.3) is 11.8 Å². The molecule has 3 aromatic rings. The number of rotatable bonds is 10. The molecular formula is C27H27ClN2O5. The monoisotopic (exact) mass is 494 g/mol. The molecule has 0 fully saturated rings. The standard InChI is InChI=1S/C27H27ClN2O5/c1-2-19-4-9-23(10-5-19)34-17-26(31)29-21-8-13-25-24(16-21)30(27(32)18-35-25)14-3-15-33-22-11-6-20(28)7-12-22/h4-13,16H,2-3,14-15,17-18H2,1H3,(H,29,31). The second-order valence-corrected chi connectivity index (χ2v) is 8.44. The summed E-state index contributed by atoms with van der Waals surface area (Å²) in [6, 6.07) is 20.0. The van der Waals surface area contributed by atoms with Crippen molar-refractivity contribution in [2.24, 2.45) is 0 Å². The first-order valence-corrected chi connectivity index (χ1v) is 11.9. The first-order valence-electron chi connectivity index (χ1n) is 11.5. The van der Waals surface area contributed by atoms with Gasteiger partial charge in [0.1, 0.15) is 17.2 Å². The molecule has 8 heteroatoms. The number of hydrogen-bond acceptors (Lipinski definition) is 5. The van der Waals surface area contributed by atoms with Crippen LogP contribution in [0.15, 0.2) is 66.7 Å². The van der Waals surface area contributed by atoms with Crippen molar-refractivity contribution in [3.05, 3.63) is 77.3 Å². The van der Waals surface area contributed by atoms with E-state index in [1.54, 1.807) is 47.4 Å². The summed E-state index contributed by atoms with van der Waals surface area (Å²) in [6.07, 6.45) is 1.56. The van der Waals surface area contributed by atoms with E-state index in [-0.39, 0.29) is 25.0 Å². The van der Waals surface area contributed by atoms with Crippen LogP contribution in [0.25, 0.3) is 0 Å². The van der Waals surface area contributed by atoms with Crippen molar-refractivity contribution < 1.29 is 23.8 Å². The number of carbonyl (C=O) groups is 2. The zero-order chi connectivity index (χ0) is 24.6. The predicted octanol–water partition coefficient (Wildman–Crippen LogP) is 5.11. The summed E-state index contributed by atoms with van der Waals surface area (Å²) in [5, 5.41) is 3.47. The van der Waals surface area contributed by atoms with Crippen LogP contribution in [0, 0.1) is 0 Å². The number of amides is 2. The van der Waals surface area contributed by atoms with Gasteiger partial charge in [-0.3, -0.25) is 9.59 Å². The lowest BCUT2D eigenvalue weighted by Gasteiger charge is -2.30. The van der Waals surface area contributed by atoms with E-state index in [4.69, 9.17) is 25.8 Å². The van der Waals surface area contributed by atoms with Crippen LogP contribution in [0.2, 0.25) is 5.02 Å². The Bertz CT molecular complexity index is 1170. The molecule has 0 unspecified atom stereocenters. The number of nitrogens with one attached hydrogen (secondary N) is 1. The summed E-state index contributed by atoms with van der Waals surface area (Å²) in [6.45, 7) is 2.83. The molecule has 0 bridgehead atoms. The van der Waals surface area contributed by atoms with Crippen molar-refractivity contribution in [1.82, 2.24) is 0 Å². The highest BCUT2D eigenvalue weighted by molar-refractivity contribution is 6.30. The van der Waals surface area contributed by atoms with Crippen molar-refractivity contribution in [3.8, 4) is 17.2 Å². The molecule has 0 aromatic heterocycles. The van der Waals surface area contributed by atoms with Gasteiger partial charge >= 0.3 is 0 Å². The Kier molecular flexibility index (Phi) is 8.11. The average Bonchev–Trinajstić information content (AvgIpc) is 2.88. The van der Waals surface area contributed by atoms with Crippen LogP contribution in [-0.2, 0) is 16.0 Å². The third kappa shape index (κ3) is 6.67. The molecule has 0 spiro atoms. The molecular weight excluding hydrogens is 468 g/mol. The summed E-state index contributed by atoms with van der Waals surface area (Å²) < 4.78 is 16.9. The van der Waals surface area contributed by atoms with E-state index in [1.165, 1.54) is 5.56 Å². The molecule has 0 aliphatic carbocycles. The molecule has 1 heterocycles. The normalized spacial score (nSPS) is 12.5. The van der Waals surface area contributed by atoms with Crippen LogP contribution < -0.4 is 24.4 Å². The Morgan fingerprint density at radius 3 is 2.49 bits per heavy atom. The van der Waals surface area contributed by atoms with Gasteiger partial charge in [-0.15, -0.1) is 0 Å². The number of benzene rings is 3. The first kappa shape index (κ1) is 24.4. The SMILES string of the molecule is CCc1ccc(OCC(=O)Nc2ccc3c(c2)N(CCCOc2ccc(Cl)cc2)C(=O)CO3)cc1. The summed E-state index contributed by atoms with van der Waals surface area (Å²) >= 11 is 5.89. The Hall–Kier alpha value is -3.71. The molecule has 0 atom stereocenters. The van der Waals surface area contributed by atoms with Crippen LogP contribution in [0.4, 0.5) is 11.4 Å². The van der Waals surface area contributed by atoms with Crippen LogP contribution >= 0.6 is 11.6 Å². The quantitative estimate of drug-likeness (QED) is 0.396. The highest BCUT2D eigenvalue weighted by atomic mass is 35.5. The number of carbonyl (C=O) groups excluding carboxylic acids is 2. The van der Waals surface area contributed by atoms with Crippen LogP contribution in [0.5, 0.6) is 17.2 Å². The molecule has 0 radical (unpaired) electrons. The summed E-state index contributed by atoms with van der Waals surface area (Å²) in [4.78, 5) is 26.6. The zero-order valence-corrected chi connectivity index (χ0v) is 20.2. The Morgan fingerprint density at radius 2 is 1.74 bits per heavy atom. The Labute approximate surface area is 209 Å². The summed E-state index contributed by atoms with van der Waals surface area (Å²) in [5.41, 5.74) is 2.37. The van der Waals surface area contributed by atoms with Crippen molar-refractivity contribution in [2.75, 3.05) is 36.6 Å². The minimum atomic E-state index is -0.296. The van der Waals surface area contributed by atoms with E-state index in [2.05, 4.69) is 12.2 Å². The topological polar surface area (TPSA) is 77.1 Å². The fourth-order valence-corrected chi connectivity index (χ4v) is 3.76. The van der Waals surface area contributed by atoms with Gasteiger partial charge in [0, 0.05) is 17.3 Å². The van der Waals surface area contributed by atoms with Crippen molar-refractivity contribution in [3.63, 3.8) is 0 Å². The van der Waals surface area contributed by atoms with Crippen molar-refractivity contribution in [2.45, 2.75) is 19.8 Å². The number of anilines is 2. The molecule has 7 nitrogen and oxygen atoms in total. The smallest absolute Gasteiger partial charge is 0.265 e. The number of ether oxygens (including phenoxy) is 3. The molecule has 1 aliphatic rings. The van der Waals surface area contributed by atoms with E-state index >= 15 is 0 Å². The third-order valence-corrected chi connectivity index (χ3v) is 5.75. The molecule has 4 rings (SSSR count). The van der Waals surface area contributed by atoms with Crippen molar-refractivity contribution >= 4 is 34.8 Å². The maximum absolute atomic E-state index is 12.5. The van der Waals surface area contributed by atoms with Crippen molar-refractivity contribution in [1.29, 1.82) is 0 Å². The van der Waals surface area contributed by atoms with E-state index in [1.807, 2.05) is 24.3 Å². The fourth-order valence-electron chi connectivity index (χ4n) is 3.64. The predicted molar refractivity (Wildman–Crippen MR) is 136 cm³/mol. The number of halogens is 1. The zero-order valence-electron chi connectivity index (χ0n) is 19.5. The highest BCUT2D eigenvalue weighted by Gasteiger charge is 2.25. The number of fused-ring (bicyclic) bond motifs is 1. The van der Waals surface area contributed by atoms with E-state index < -0.39 is 0 Å². The fraction of sp³-hybridized carbons (Fsp3) is 0.259. The molecule has 1 N–H and O–H groups in total. The lowest BCUT2D eigenvalue weighted by atomic mass is 10.2. The Morgan fingerprint density at radius 1 is 1.03 bits per heavy atom. The maximum Gasteiger partial charge on any atom is 0.265 e.